The van der Waals surface area contributed by atoms with Crippen LogP contribution in [-0.2, 0) is 11.3 Å². The standard InChI is InChI=1S/C12H20N4O.2ClH/c13-12(4-2-1-3-5-12)11(17)15-7-9-16-8-6-14-10-16;;/h6,8,10H,1-5,7,9,13H2,(H,15,17);2*1H. The second-order valence-electron chi connectivity index (χ2n) is 4.77. The van der Waals surface area contributed by atoms with E-state index in [0.29, 0.717) is 6.54 Å². The van der Waals surface area contributed by atoms with E-state index in [1.54, 1.807) is 12.5 Å². The van der Waals surface area contributed by atoms with E-state index < -0.39 is 5.54 Å². The number of halogens is 2. The zero-order chi connectivity index (χ0) is 12.1. The van der Waals surface area contributed by atoms with E-state index in [1.807, 2.05) is 10.8 Å². The van der Waals surface area contributed by atoms with Gasteiger partial charge < -0.3 is 15.6 Å². The van der Waals surface area contributed by atoms with Gasteiger partial charge in [-0.1, -0.05) is 19.3 Å². The van der Waals surface area contributed by atoms with Crippen LogP contribution < -0.4 is 11.1 Å². The molecule has 0 unspecified atom stereocenters. The monoisotopic (exact) mass is 308 g/mol. The Labute approximate surface area is 126 Å². The molecule has 2 rings (SSSR count). The summed E-state index contributed by atoms with van der Waals surface area (Å²) in [6.07, 6.45) is 10.3. The number of hydrogen-bond donors (Lipinski definition) is 2. The fraction of sp³-hybridized carbons (Fsp3) is 0.667. The maximum Gasteiger partial charge on any atom is 0.240 e. The number of imidazole rings is 1. The van der Waals surface area contributed by atoms with Crippen LogP contribution in [0.3, 0.4) is 0 Å². The van der Waals surface area contributed by atoms with Gasteiger partial charge in [0.15, 0.2) is 0 Å². The largest absolute Gasteiger partial charge is 0.353 e. The van der Waals surface area contributed by atoms with Crippen LogP contribution in [0.2, 0.25) is 0 Å². The summed E-state index contributed by atoms with van der Waals surface area (Å²) in [7, 11) is 0. The average Bonchev–Trinajstić information content (AvgIpc) is 2.83. The van der Waals surface area contributed by atoms with Crippen LogP contribution in [0.25, 0.3) is 0 Å². The molecule has 1 aromatic rings. The molecular weight excluding hydrogens is 287 g/mol. The van der Waals surface area contributed by atoms with Crippen molar-refractivity contribution < 1.29 is 4.79 Å². The van der Waals surface area contributed by atoms with Gasteiger partial charge in [-0.3, -0.25) is 4.79 Å². The molecule has 7 heteroatoms. The minimum atomic E-state index is -0.632. The first-order valence-corrected chi connectivity index (χ1v) is 6.24. The molecule has 1 fully saturated rings. The lowest BCUT2D eigenvalue weighted by molar-refractivity contribution is -0.127. The van der Waals surface area contributed by atoms with Crippen LogP contribution in [0.5, 0.6) is 0 Å². The Morgan fingerprint density at radius 3 is 2.58 bits per heavy atom. The second kappa shape index (κ2) is 8.40. The van der Waals surface area contributed by atoms with E-state index in [9.17, 15) is 4.79 Å². The summed E-state index contributed by atoms with van der Waals surface area (Å²) < 4.78 is 1.93. The third-order valence-corrected chi connectivity index (χ3v) is 3.41. The lowest BCUT2D eigenvalue weighted by Crippen LogP contribution is -2.55. The van der Waals surface area contributed by atoms with Crippen LogP contribution >= 0.6 is 24.8 Å². The molecule has 1 saturated carbocycles. The van der Waals surface area contributed by atoms with Crippen molar-refractivity contribution in [3.05, 3.63) is 18.7 Å². The molecule has 0 atom stereocenters. The van der Waals surface area contributed by atoms with E-state index in [2.05, 4.69) is 10.3 Å². The molecule has 1 aromatic heterocycles. The lowest BCUT2D eigenvalue weighted by Gasteiger charge is -2.31. The molecule has 1 amide bonds. The van der Waals surface area contributed by atoms with Gasteiger partial charge in [0, 0.05) is 25.5 Å². The molecular formula is C12H22Cl2N4O. The topological polar surface area (TPSA) is 72.9 Å². The number of hydrogen-bond acceptors (Lipinski definition) is 3. The predicted octanol–water partition coefficient (Wildman–Crippen LogP) is 1.50. The predicted molar refractivity (Wildman–Crippen MR) is 79.7 cm³/mol. The molecule has 0 spiro atoms. The van der Waals surface area contributed by atoms with Crippen molar-refractivity contribution in [1.29, 1.82) is 0 Å². The molecule has 1 aliphatic carbocycles. The average molecular weight is 309 g/mol. The van der Waals surface area contributed by atoms with Gasteiger partial charge in [-0.25, -0.2) is 4.98 Å². The maximum atomic E-state index is 12.0. The molecule has 0 saturated heterocycles. The summed E-state index contributed by atoms with van der Waals surface area (Å²) in [6.45, 7) is 1.34. The zero-order valence-corrected chi connectivity index (χ0v) is 12.5. The van der Waals surface area contributed by atoms with Crippen molar-refractivity contribution in [2.24, 2.45) is 5.73 Å². The Hall–Kier alpha value is -0.780. The summed E-state index contributed by atoms with van der Waals surface area (Å²) in [5.74, 6) is -0.00249. The number of carbonyl (C=O) groups excluding carboxylic acids is 1. The van der Waals surface area contributed by atoms with Crippen molar-refractivity contribution in [1.82, 2.24) is 14.9 Å². The molecule has 1 aliphatic rings. The molecule has 5 nitrogen and oxygen atoms in total. The fourth-order valence-electron chi connectivity index (χ4n) is 2.30. The molecule has 0 radical (unpaired) electrons. The third kappa shape index (κ3) is 5.01. The van der Waals surface area contributed by atoms with Gasteiger partial charge in [-0.2, -0.15) is 0 Å². The number of carbonyl (C=O) groups is 1. The number of rotatable bonds is 4. The van der Waals surface area contributed by atoms with Crippen molar-refractivity contribution in [2.45, 2.75) is 44.2 Å². The van der Waals surface area contributed by atoms with Gasteiger partial charge in [-0.05, 0) is 12.8 Å². The van der Waals surface area contributed by atoms with Crippen molar-refractivity contribution in [3.8, 4) is 0 Å². The minimum absolute atomic E-state index is 0. The highest BCUT2D eigenvalue weighted by atomic mass is 35.5. The van der Waals surface area contributed by atoms with E-state index in [1.165, 1.54) is 6.42 Å². The van der Waals surface area contributed by atoms with Crippen molar-refractivity contribution in [2.75, 3.05) is 6.54 Å². The Balaban J connectivity index is 0.00000162. The van der Waals surface area contributed by atoms with Crippen LogP contribution in [0.4, 0.5) is 0 Å². The van der Waals surface area contributed by atoms with Gasteiger partial charge in [-0.15, -0.1) is 24.8 Å². The summed E-state index contributed by atoms with van der Waals surface area (Å²) >= 11 is 0. The minimum Gasteiger partial charge on any atom is -0.353 e. The molecule has 3 N–H and O–H groups in total. The van der Waals surface area contributed by atoms with Crippen LogP contribution in [0.15, 0.2) is 18.7 Å². The van der Waals surface area contributed by atoms with E-state index >= 15 is 0 Å². The molecule has 0 aliphatic heterocycles. The summed E-state index contributed by atoms with van der Waals surface area (Å²) in [6, 6.07) is 0. The zero-order valence-electron chi connectivity index (χ0n) is 10.9. The Bertz CT molecular complexity index is 364. The van der Waals surface area contributed by atoms with Gasteiger partial charge in [0.25, 0.3) is 0 Å². The van der Waals surface area contributed by atoms with Crippen LogP contribution in [0.1, 0.15) is 32.1 Å². The van der Waals surface area contributed by atoms with E-state index in [4.69, 9.17) is 5.73 Å². The quantitative estimate of drug-likeness (QED) is 0.885. The highest BCUT2D eigenvalue weighted by molar-refractivity contribution is 5.86. The maximum absolute atomic E-state index is 12.0. The highest BCUT2D eigenvalue weighted by Gasteiger charge is 2.34. The third-order valence-electron chi connectivity index (χ3n) is 3.41. The lowest BCUT2D eigenvalue weighted by atomic mass is 9.82. The Morgan fingerprint density at radius 1 is 1.32 bits per heavy atom. The van der Waals surface area contributed by atoms with Gasteiger partial charge in [0.05, 0.1) is 11.9 Å². The SMILES string of the molecule is Cl.Cl.NC1(C(=O)NCCn2ccnc2)CCCCC1. The van der Waals surface area contributed by atoms with Crippen molar-refractivity contribution in [3.63, 3.8) is 0 Å². The first-order chi connectivity index (χ1) is 8.21. The Kier molecular flexibility index (Phi) is 8.06. The van der Waals surface area contributed by atoms with Gasteiger partial charge >= 0.3 is 0 Å². The molecule has 0 aromatic carbocycles. The smallest absolute Gasteiger partial charge is 0.240 e. The summed E-state index contributed by atoms with van der Waals surface area (Å²) in [4.78, 5) is 15.9. The van der Waals surface area contributed by atoms with E-state index in [-0.39, 0.29) is 30.7 Å². The van der Waals surface area contributed by atoms with Crippen LogP contribution in [0, 0.1) is 0 Å². The molecule has 19 heavy (non-hydrogen) atoms. The number of nitrogens with one attached hydrogen (secondary N) is 1. The molecule has 110 valence electrons. The second-order valence-corrected chi connectivity index (χ2v) is 4.77. The summed E-state index contributed by atoms with van der Waals surface area (Å²) in [5, 5.41) is 2.92. The van der Waals surface area contributed by atoms with Crippen LogP contribution in [-0.4, -0.2) is 27.5 Å². The van der Waals surface area contributed by atoms with E-state index in [0.717, 1.165) is 32.2 Å². The molecule has 0 bridgehead atoms. The summed E-state index contributed by atoms with van der Waals surface area (Å²) in [5.41, 5.74) is 5.50. The normalized spacial score (nSPS) is 16.9. The molecule has 1 heterocycles. The van der Waals surface area contributed by atoms with Crippen molar-refractivity contribution >= 4 is 30.7 Å². The first kappa shape index (κ1) is 18.2. The number of nitrogens with zero attached hydrogens (tertiary/aromatic N) is 2. The van der Waals surface area contributed by atoms with Gasteiger partial charge in [0.1, 0.15) is 0 Å². The number of nitrogens with two attached hydrogens (primary N) is 1. The van der Waals surface area contributed by atoms with Gasteiger partial charge in [0.2, 0.25) is 5.91 Å². The highest BCUT2D eigenvalue weighted by Crippen LogP contribution is 2.25. The Morgan fingerprint density at radius 2 is 2.00 bits per heavy atom. The number of amides is 1. The first-order valence-electron chi connectivity index (χ1n) is 6.24. The fourth-order valence-corrected chi connectivity index (χ4v) is 2.30. The number of aromatic nitrogens is 2.